The molecule has 0 aliphatic rings. The standard InChI is InChI=1S/C19H16F4N4O3S/c1-12(26-31(29,30)17-6-3-2-5-14(17)19(21,22)23)18(28)25-13-7-8-16(15(20)11-13)27-10-4-9-24-27/h2-12,26H,1H3,(H,25,28)/t12-/m0/s1. The van der Waals surface area contributed by atoms with Crippen LogP contribution in [0.4, 0.5) is 23.2 Å². The Morgan fingerprint density at radius 1 is 1.13 bits per heavy atom. The summed E-state index contributed by atoms with van der Waals surface area (Å²) in [6.45, 7) is 1.15. The zero-order valence-corrected chi connectivity index (χ0v) is 16.7. The number of amides is 1. The summed E-state index contributed by atoms with van der Waals surface area (Å²) in [6, 6.07) is 7.50. The zero-order chi connectivity index (χ0) is 22.8. The molecule has 1 atom stereocenters. The van der Waals surface area contributed by atoms with Crippen LogP contribution in [0.2, 0.25) is 0 Å². The lowest BCUT2D eigenvalue weighted by atomic mass is 10.2. The fraction of sp³-hybridized carbons (Fsp3) is 0.158. The van der Waals surface area contributed by atoms with E-state index in [1.165, 1.54) is 29.2 Å². The number of rotatable bonds is 6. The molecule has 0 saturated heterocycles. The molecular formula is C19H16F4N4O3S. The van der Waals surface area contributed by atoms with Crippen LogP contribution in [-0.2, 0) is 21.0 Å². The summed E-state index contributed by atoms with van der Waals surface area (Å²) >= 11 is 0. The molecule has 0 aliphatic carbocycles. The average molecular weight is 456 g/mol. The third-order valence-corrected chi connectivity index (χ3v) is 5.77. The molecule has 31 heavy (non-hydrogen) atoms. The average Bonchev–Trinajstić information content (AvgIpc) is 3.21. The van der Waals surface area contributed by atoms with Gasteiger partial charge in [0.15, 0.2) is 5.82 Å². The molecule has 0 saturated carbocycles. The van der Waals surface area contributed by atoms with Gasteiger partial charge in [-0.15, -0.1) is 0 Å². The minimum absolute atomic E-state index is 0.0279. The topological polar surface area (TPSA) is 93.1 Å². The van der Waals surface area contributed by atoms with Gasteiger partial charge in [0, 0.05) is 18.1 Å². The lowest BCUT2D eigenvalue weighted by Crippen LogP contribution is -2.42. The van der Waals surface area contributed by atoms with E-state index in [1.807, 2.05) is 4.72 Å². The number of halogens is 4. The number of anilines is 1. The lowest BCUT2D eigenvalue weighted by Gasteiger charge is -2.17. The summed E-state index contributed by atoms with van der Waals surface area (Å²) < 4.78 is 81.7. The highest BCUT2D eigenvalue weighted by Crippen LogP contribution is 2.33. The van der Waals surface area contributed by atoms with Crippen molar-refractivity contribution in [3.63, 3.8) is 0 Å². The van der Waals surface area contributed by atoms with E-state index in [-0.39, 0.29) is 11.4 Å². The van der Waals surface area contributed by atoms with E-state index in [0.29, 0.717) is 6.07 Å². The van der Waals surface area contributed by atoms with Gasteiger partial charge < -0.3 is 5.32 Å². The number of benzene rings is 2. The van der Waals surface area contributed by atoms with Crippen LogP contribution < -0.4 is 10.0 Å². The molecule has 1 aromatic heterocycles. The Bertz CT molecular complexity index is 1200. The van der Waals surface area contributed by atoms with Crippen LogP contribution in [0, 0.1) is 5.82 Å². The van der Waals surface area contributed by atoms with Crippen molar-refractivity contribution in [2.45, 2.75) is 24.0 Å². The van der Waals surface area contributed by atoms with Crippen LogP contribution in [0.25, 0.3) is 5.69 Å². The van der Waals surface area contributed by atoms with Crippen molar-refractivity contribution in [3.8, 4) is 5.69 Å². The summed E-state index contributed by atoms with van der Waals surface area (Å²) in [6.07, 6.45) is -1.92. The molecule has 0 unspecified atom stereocenters. The largest absolute Gasteiger partial charge is 0.417 e. The van der Waals surface area contributed by atoms with Crippen molar-refractivity contribution in [3.05, 3.63) is 72.3 Å². The Kier molecular flexibility index (Phi) is 6.13. The number of hydrogen-bond donors (Lipinski definition) is 2. The summed E-state index contributed by atoms with van der Waals surface area (Å²) in [5.74, 6) is -1.59. The van der Waals surface area contributed by atoms with Crippen LogP contribution >= 0.6 is 0 Å². The first-order valence-electron chi connectivity index (χ1n) is 8.78. The molecule has 164 valence electrons. The molecule has 3 aromatic rings. The first-order chi connectivity index (χ1) is 14.5. The van der Waals surface area contributed by atoms with Crippen molar-refractivity contribution in [1.29, 1.82) is 0 Å². The van der Waals surface area contributed by atoms with Crippen LogP contribution in [0.5, 0.6) is 0 Å². The molecule has 1 amide bonds. The third-order valence-electron chi connectivity index (χ3n) is 4.17. The second kappa shape index (κ2) is 8.47. The van der Waals surface area contributed by atoms with Gasteiger partial charge in [-0.05, 0) is 43.3 Å². The van der Waals surface area contributed by atoms with Crippen molar-refractivity contribution in [2.24, 2.45) is 0 Å². The van der Waals surface area contributed by atoms with E-state index in [4.69, 9.17) is 0 Å². The quantitative estimate of drug-likeness (QED) is 0.557. The second-order valence-electron chi connectivity index (χ2n) is 6.44. The van der Waals surface area contributed by atoms with Gasteiger partial charge in [-0.25, -0.2) is 17.5 Å². The number of nitrogens with zero attached hydrogens (tertiary/aromatic N) is 2. The molecule has 2 aromatic carbocycles. The van der Waals surface area contributed by atoms with E-state index in [9.17, 15) is 30.8 Å². The van der Waals surface area contributed by atoms with Crippen LogP contribution in [-0.4, -0.2) is 30.1 Å². The molecule has 3 rings (SSSR count). The fourth-order valence-corrected chi connectivity index (χ4v) is 4.15. The Hall–Kier alpha value is -3.25. The Morgan fingerprint density at radius 3 is 2.45 bits per heavy atom. The predicted molar refractivity (Wildman–Crippen MR) is 103 cm³/mol. The van der Waals surface area contributed by atoms with Gasteiger partial charge in [0.2, 0.25) is 15.9 Å². The lowest BCUT2D eigenvalue weighted by molar-refractivity contribution is -0.139. The highest BCUT2D eigenvalue weighted by Gasteiger charge is 2.37. The summed E-state index contributed by atoms with van der Waals surface area (Å²) in [5, 5.41) is 6.21. The van der Waals surface area contributed by atoms with Crippen LogP contribution in [0.3, 0.4) is 0 Å². The summed E-state index contributed by atoms with van der Waals surface area (Å²) in [4.78, 5) is 11.3. The van der Waals surface area contributed by atoms with Gasteiger partial charge in [-0.1, -0.05) is 12.1 Å². The molecule has 0 aliphatic heterocycles. The van der Waals surface area contributed by atoms with Gasteiger partial charge in [-0.3, -0.25) is 4.79 Å². The normalized spacial score (nSPS) is 13.1. The van der Waals surface area contributed by atoms with Gasteiger partial charge in [0.05, 0.1) is 16.5 Å². The Labute approximate surface area is 174 Å². The maximum atomic E-state index is 14.3. The van der Waals surface area contributed by atoms with Gasteiger partial charge in [0.25, 0.3) is 0 Å². The number of hydrogen-bond acceptors (Lipinski definition) is 4. The maximum absolute atomic E-state index is 14.3. The molecule has 2 N–H and O–H groups in total. The molecule has 0 bridgehead atoms. The summed E-state index contributed by atoms with van der Waals surface area (Å²) in [7, 11) is -4.67. The number of carbonyl (C=O) groups excluding carboxylic acids is 1. The van der Waals surface area contributed by atoms with Gasteiger partial charge in [0.1, 0.15) is 5.69 Å². The monoisotopic (exact) mass is 456 g/mol. The first-order valence-corrected chi connectivity index (χ1v) is 10.3. The van der Waals surface area contributed by atoms with Gasteiger partial charge >= 0.3 is 6.18 Å². The molecule has 1 heterocycles. The van der Waals surface area contributed by atoms with Crippen LogP contribution in [0.15, 0.2) is 65.8 Å². The first kappa shape index (κ1) is 22.4. The molecular weight excluding hydrogens is 440 g/mol. The number of carbonyl (C=O) groups is 1. The third kappa shape index (κ3) is 5.09. The van der Waals surface area contributed by atoms with Gasteiger partial charge in [-0.2, -0.15) is 23.0 Å². The second-order valence-corrected chi connectivity index (χ2v) is 8.13. The minimum Gasteiger partial charge on any atom is -0.325 e. The summed E-state index contributed by atoms with van der Waals surface area (Å²) in [5.41, 5.74) is -1.20. The molecule has 7 nitrogen and oxygen atoms in total. The number of aromatic nitrogens is 2. The minimum atomic E-state index is -4.90. The Balaban J connectivity index is 1.75. The van der Waals surface area contributed by atoms with Crippen molar-refractivity contribution in [2.75, 3.05) is 5.32 Å². The molecule has 0 spiro atoms. The highest BCUT2D eigenvalue weighted by atomic mass is 32.2. The molecule has 0 radical (unpaired) electrons. The van der Waals surface area contributed by atoms with E-state index < -0.39 is 44.4 Å². The van der Waals surface area contributed by atoms with E-state index in [2.05, 4.69) is 10.4 Å². The molecule has 12 heteroatoms. The fourth-order valence-electron chi connectivity index (χ4n) is 2.72. The van der Waals surface area contributed by atoms with E-state index in [0.717, 1.165) is 31.2 Å². The van der Waals surface area contributed by atoms with Crippen molar-refractivity contribution < 1.29 is 30.8 Å². The smallest absolute Gasteiger partial charge is 0.325 e. The van der Waals surface area contributed by atoms with E-state index in [1.54, 1.807) is 6.07 Å². The molecule has 0 fully saturated rings. The highest BCUT2D eigenvalue weighted by molar-refractivity contribution is 7.89. The Morgan fingerprint density at radius 2 is 1.84 bits per heavy atom. The van der Waals surface area contributed by atoms with Crippen molar-refractivity contribution in [1.82, 2.24) is 14.5 Å². The maximum Gasteiger partial charge on any atom is 0.417 e. The number of sulfonamides is 1. The van der Waals surface area contributed by atoms with E-state index >= 15 is 0 Å². The van der Waals surface area contributed by atoms with Crippen LogP contribution in [0.1, 0.15) is 12.5 Å². The number of alkyl halides is 3. The van der Waals surface area contributed by atoms with Crippen molar-refractivity contribution >= 4 is 21.6 Å². The SMILES string of the molecule is C[C@H](NS(=O)(=O)c1ccccc1C(F)(F)F)C(=O)Nc1ccc(-n2cccn2)c(F)c1. The number of nitrogens with one attached hydrogen (secondary N) is 2. The zero-order valence-electron chi connectivity index (χ0n) is 15.9. The predicted octanol–water partition coefficient (Wildman–Crippen LogP) is 3.34.